The molecule has 1 aliphatic rings. The Hall–Kier alpha value is -2.12. The first kappa shape index (κ1) is 16.7. The zero-order chi connectivity index (χ0) is 16.9. The van der Waals surface area contributed by atoms with E-state index in [1.807, 2.05) is 45.4 Å². The van der Waals surface area contributed by atoms with Crippen molar-refractivity contribution < 1.29 is 9.59 Å². The quantitative estimate of drug-likeness (QED) is 0.891. The van der Waals surface area contributed by atoms with E-state index in [2.05, 4.69) is 10.2 Å². The van der Waals surface area contributed by atoms with E-state index in [-0.39, 0.29) is 11.8 Å². The van der Waals surface area contributed by atoms with Crippen molar-refractivity contribution in [3.05, 3.63) is 40.8 Å². The summed E-state index contributed by atoms with van der Waals surface area (Å²) in [6.07, 6.45) is 3.88. The Kier molecular flexibility index (Phi) is 5.32. The average Bonchev–Trinajstić information content (AvgIpc) is 3.26. The van der Waals surface area contributed by atoms with E-state index in [4.69, 9.17) is 0 Å². The minimum atomic E-state index is -0.0314. The molecule has 24 heavy (non-hydrogen) atoms. The lowest BCUT2D eigenvalue weighted by molar-refractivity contribution is -0.130. The Bertz CT molecular complexity index is 687. The number of carbonyl (C=O) groups excluding carboxylic acids is 2. The third kappa shape index (κ3) is 3.85. The number of hydrogen-bond donors (Lipinski definition) is 1. The van der Waals surface area contributed by atoms with Gasteiger partial charge < -0.3 is 14.8 Å². The van der Waals surface area contributed by atoms with Crippen LogP contribution in [0, 0.1) is 0 Å². The highest BCUT2D eigenvalue weighted by Crippen LogP contribution is 2.21. The van der Waals surface area contributed by atoms with Crippen LogP contribution in [0.5, 0.6) is 0 Å². The first-order valence-electron chi connectivity index (χ1n) is 8.12. The average molecular weight is 346 g/mol. The van der Waals surface area contributed by atoms with Crippen molar-refractivity contribution in [1.29, 1.82) is 0 Å². The molecule has 0 aromatic carbocycles. The van der Waals surface area contributed by atoms with Gasteiger partial charge in [0.15, 0.2) is 0 Å². The topological polar surface area (TPSA) is 57.6 Å². The van der Waals surface area contributed by atoms with E-state index in [0.717, 1.165) is 43.3 Å². The van der Waals surface area contributed by atoms with Crippen LogP contribution in [0.25, 0.3) is 5.69 Å². The fourth-order valence-electron chi connectivity index (χ4n) is 2.87. The van der Waals surface area contributed by atoms with Gasteiger partial charge in [0.05, 0.1) is 5.69 Å². The van der Waals surface area contributed by atoms with Crippen LogP contribution in [0.2, 0.25) is 0 Å². The van der Waals surface area contributed by atoms with Crippen molar-refractivity contribution in [3.8, 4) is 5.69 Å². The molecule has 3 heterocycles. The van der Waals surface area contributed by atoms with Gasteiger partial charge in [-0.05, 0) is 23.6 Å². The normalized spacial score (nSPS) is 15.5. The van der Waals surface area contributed by atoms with Crippen LogP contribution in [0.3, 0.4) is 0 Å². The van der Waals surface area contributed by atoms with Crippen LogP contribution in [0.1, 0.15) is 16.6 Å². The SMILES string of the molecule is CC(=O)N1CCN(CCNC(=O)c2sccc2-n2cccc2)CC1. The summed E-state index contributed by atoms with van der Waals surface area (Å²) in [6, 6.07) is 5.85. The largest absolute Gasteiger partial charge is 0.350 e. The summed E-state index contributed by atoms with van der Waals surface area (Å²) in [5, 5.41) is 4.94. The van der Waals surface area contributed by atoms with Crippen molar-refractivity contribution in [2.24, 2.45) is 0 Å². The number of piperazine rings is 1. The summed E-state index contributed by atoms with van der Waals surface area (Å²) >= 11 is 1.45. The van der Waals surface area contributed by atoms with E-state index in [1.54, 1.807) is 6.92 Å². The number of aromatic nitrogens is 1. The standard InChI is InChI=1S/C17H22N4O2S/c1-14(22)20-11-9-19(10-12-20)8-5-18-17(23)16-15(4-13-24-16)21-6-2-3-7-21/h2-4,6-7,13H,5,8-12H2,1H3,(H,18,23). The number of nitrogens with zero attached hydrogens (tertiary/aromatic N) is 3. The molecule has 0 aliphatic carbocycles. The number of hydrogen-bond acceptors (Lipinski definition) is 4. The first-order chi connectivity index (χ1) is 11.6. The fraction of sp³-hybridized carbons (Fsp3) is 0.412. The van der Waals surface area contributed by atoms with Crippen LogP contribution in [0.4, 0.5) is 0 Å². The lowest BCUT2D eigenvalue weighted by Crippen LogP contribution is -2.49. The van der Waals surface area contributed by atoms with Crippen molar-refractivity contribution in [3.63, 3.8) is 0 Å². The molecule has 0 radical (unpaired) electrons. The molecule has 1 saturated heterocycles. The van der Waals surface area contributed by atoms with Gasteiger partial charge in [0.2, 0.25) is 5.91 Å². The van der Waals surface area contributed by atoms with Gasteiger partial charge in [0.25, 0.3) is 5.91 Å². The number of rotatable bonds is 5. The lowest BCUT2D eigenvalue weighted by atomic mass is 10.3. The highest BCUT2D eigenvalue weighted by Gasteiger charge is 2.19. The van der Waals surface area contributed by atoms with Crippen molar-refractivity contribution >= 4 is 23.2 Å². The van der Waals surface area contributed by atoms with Crippen LogP contribution in [-0.4, -0.2) is 65.4 Å². The van der Waals surface area contributed by atoms with Crippen LogP contribution < -0.4 is 5.32 Å². The van der Waals surface area contributed by atoms with E-state index in [9.17, 15) is 9.59 Å². The number of amides is 2. The second-order valence-electron chi connectivity index (χ2n) is 5.83. The van der Waals surface area contributed by atoms with Gasteiger partial charge in [0, 0.05) is 58.6 Å². The predicted octanol–water partition coefficient (Wildman–Crippen LogP) is 1.43. The number of thiophene rings is 1. The minimum Gasteiger partial charge on any atom is -0.350 e. The maximum Gasteiger partial charge on any atom is 0.263 e. The van der Waals surface area contributed by atoms with Gasteiger partial charge in [-0.3, -0.25) is 14.5 Å². The zero-order valence-electron chi connectivity index (χ0n) is 13.8. The number of carbonyl (C=O) groups is 2. The molecule has 2 aromatic heterocycles. The summed E-state index contributed by atoms with van der Waals surface area (Å²) in [6.45, 7) is 6.30. The Morgan fingerprint density at radius 1 is 1.17 bits per heavy atom. The molecule has 0 unspecified atom stereocenters. The summed E-state index contributed by atoms with van der Waals surface area (Å²) in [5.74, 6) is 0.106. The zero-order valence-corrected chi connectivity index (χ0v) is 14.6. The Morgan fingerprint density at radius 3 is 2.54 bits per heavy atom. The van der Waals surface area contributed by atoms with Gasteiger partial charge in [-0.25, -0.2) is 0 Å². The van der Waals surface area contributed by atoms with Gasteiger partial charge in [-0.1, -0.05) is 0 Å². The highest BCUT2D eigenvalue weighted by atomic mass is 32.1. The molecular weight excluding hydrogens is 324 g/mol. The van der Waals surface area contributed by atoms with Gasteiger partial charge >= 0.3 is 0 Å². The van der Waals surface area contributed by atoms with Gasteiger partial charge in [0.1, 0.15) is 4.88 Å². The summed E-state index contributed by atoms with van der Waals surface area (Å²) in [7, 11) is 0. The Balaban J connectivity index is 1.47. The molecule has 1 N–H and O–H groups in total. The second kappa shape index (κ2) is 7.63. The van der Waals surface area contributed by atoms with E-state index < -0.39 is 0 Å². The predicted molar refractivity (Wildman–Crippen MR) is 94.7 cm³/mol. The first-order valence-corrected chi connectivity index (χ1v) is 9.00. The third-order valence-corrected chi connectivity index (χ3v) is 5.17. The molecule has 1 aliphatic heterocycles. The molecule has 2 amide bonds. The monoisotopic (exact) mass is 346 g/mol. The fourth-order valence-corrected chi connectivity index (χ4v) is 3.67. The van der Waals surface area contributed by atoms with Crippen LogP contribution in [-0.2, 0) is 4.79 Å². The molecule has 7 heteroatoms. The molecule has 0 bridgehead atoms. The minimum absolute atomic E-state index is 0.0314. The molecular formula is C17H22N4O2S. The number of nitrogens with one attached hydrogen (secondary N) is 1. The Labute approximate surface area is 145 Å². The van der Waals surface area contributed by atoms with Gasteiger partial charge in [-0.2, -0.15) is 0 Å². The summed E-state index contributed by atoms with van der Waals surface area (Å²) < 4.78 is 1.95. The smallest absolute Gasteiger partial charge is 0.263 e. The molecule has 0 spiro atoms. The highest BCUT2D eigenvalue weighted by molar-refractivity contribution is 7.12. The van der Waals surface area contributed by atoms with Crippen LogP contribution >= 0.6 is 11.3 Å². The lowest BCUT2D eigenvalue weighted by Gasteiger charge is -2.34. The summed E-state index contributed by atoms with van der Waals surface area (Å²) in [4.78, 5) is 28.6. The molecule has 0 saturated carbocycles. The molecule has 0 atom stereocenters. The summed E-state index contributed by atoms with van der Waals surface area (Å²) in [5.41, 5.74) is 0.914. The van der Waals surface area contributed by atoms with Crippen LogP contribution in [0.15, 0.2) is 36.0 Å². The van der Waals surface area contributed by atoms with Crippen molar-refractivity contribution in [2.45, 2.75) is 6.92 Å². The molecule has 6 nitrogen and oxygen atoms in total. The van der Waals surface area contributed by atoms with Gasteiger partial charge in [-0.15, -0.1) is 11.3 Å². The third-order valence-electron chi connectivity index (χ3n) is 4.26. The molecule has 128 valence electrons. The second-order valence-corrected chi connectivity index (χ2v) is 6.75. The van der Waals surface area contributed by atoms with E-state index >= 15 is 0 Å². The maximum absolute atomic E-state index is 12.4. The Morgan fingerprint density at radius 2 is 1.88 bits per heavy atom. The van der Waals surface area contributed by atoms with Crippen molar-refractivity contribution in [2.75, 3.05) is 39.3 Å². The maximum atomic E-state index is 12.4. The molecule has 3 rings (SSSR count). The van der Waals surface area contributed by atoms with Crippen molar-refractivity contribution in [1.82, 2.24) is 19.7 Å². The molecule has 2 aromatic rings. The van der Waals surface area contributed by atoms with E-state index in [0.29, 0.717) is 6.54 Å². The molecule has 1 fully saturated rings. The van der Waals surface area contributed by atoms with E-state index in [1.165, 1.54) is 11.3 Å².